The van der Waals surface area contributed by atoms with Gasteiger partial charge in [-0.15, -0.1) is 0 Å². The van der Waals surface area contributed by atoms with Crippen LogP contribution in [0.3, 0.4) is 0 Å². The third-order valence-electron chi connectivity index (χ3n) is 5.22. The molecule has 25 heavy (non-hydrogen) atoms. The van der Waals surface area contributed by atoms with E-state index in [2.05, 4.69) is 34.9 Å². The average Bonchev–Trinajstić information content (AvgIpc) is 3.11. The summed E-state index contributed by atoms with van der Waals surface area (Å²) >= 11 is 6.49. The highest BCUT2D eigenvalue weighted by Gasteiger charge is 2.39. The second-order valence-electron chi connectivity index (χ2n) is 6.63. The van der Waals surface area contributed by atoms with Gasteiger partial charge < -0.3 is 10.6 Å². The van der Waals surface area contributed by atoms with E-state index < -0.39 is 0 Å². The van der Waals surface area contributed by atoms with Crippen molar-refractivity contribution in [2.24, 2.45) is 5.92 Å². The lowest BCUT2D eigenvalue weighted by Crippen LogP contribution is -2.32. The smallest absolute Gasteiger partial charge is 0.253 e. The molecule has 1 heterocycles. The van der Waals surface area contributed by atoms with Crippen LogP contribution in [0.15, 0.2) is 54.6 Å². The fourth-order valence-corrected chi connectivity index (χ4v) is 4.35. The maximum absolute atomic E-state index is 12.5. The maximum Gasteiger partial charge on any atom is 0.253 e. The zero-order valence-corrected chi connectivity index (χ0v) is 14.9. The first-order valence-corrected chi connectivity index (χ1v) is 9.17. The number of benzene rings is 2. The Bertz CT molecular complexity index is 846. The Balaban J connectivity index is 1.82. The van der Waals surface area contributed by atoms with E-state index in [1.165, 1.54) is 5.56 Å². The third kappa shape index (κ3) is 2.73. The van der Waals surface area contributed by atoms with Gasteiger partial charge in [-0.2, -0.15) is 0 Å². The second-order valence-corrected chi connectivity index (χ2v) is 7.03. The number of fused-ring (bicyclic) bond motifs is 3. The minimum absolute atomic E-state index is 0.0369. The molecule has 1 aliphatic heterocycles. The van der Waals surface area contributed by atoms with Gasteiger partial charge in [-0.05, 0) is 42.5 Å². The first kappa shape index (κ1) is 16.2. The molecule has 3 unspecified atom stereocenters. The molecule has 4 heteroatoms. The van der Waals surface area contributed by atoms with Gasteiger partial charge in [-0.1, -0.05) is 54.1 Å². The Morgan fingerprint density at radius 3 is 2.80 bits per heavy atom. The van der Waals surface area contributed by atoms with Crippen LogP contribution in [0, 0.1) is 5.92 Å². The molecule has 2 aromatic rings. The Morgan fingerprint density at radius 1 is 1.20 bits per heavy atom. The summed E-state index contributed by atoms with van der Waals surface area (Å²) in [4.78, 5) is 12.5. The molecule has 1 aliphatic carbocycles. The van der Waals surface area contributed by atoms with E-state index in [1.54, 1.807) is 0 Å². The van der Waals surface area contributed by atoms with Crippen molar-refractivity contribution in [3.8, 4) is 0 Å². The number of nitrogens with one attached hydrogen (secondary N) is 2. The summed E-state index contributed by atoms with van der Waals surface area (Å²) in [6.07, 6.45) is 5.53. The molecule has 128 valence electrons. The van der Waals surface area contributed by atoms with Crippen molar-refractivity contribution in [3.63, 3.8) is 0 Å². The summed E-state index contributed by atoms with van der Waals surface area (Å²) in [5.74, 6) is 0.689. The van der Waals surface area contributed by atoms with Gasteiger partial charge in [-0.3, -0.25) is 4.79 Å². The summed E-state index contributed by atoms with van der Waals surface area (Å²) in [5, 5.41) is 7.33. The van der Waals surface area contributed by atoms with E-state index in [-0.39, 0.29) is 11.9 Å². The first-order chi connectivity index (χ1) is 12.2. The van der Waals surface area contributed by atoms with Gasteiger partial charge in [0, 0.05) is 17.5 Å². The van der Waals surface area contributed by atoms with Gasteiger partial charge >= 0.3 is 0 Å². The van der Waals surface area contributed by atoms with Crippen LogP contribution in [0.5, 0.6) is 0 Å². The molecule has 2 aliphatic rings. The molecule has 0 saturated carbocycles. The maximum atomic E-state index is 12.5. The summed E-state index contributed by atoms with van der Waals surface area (Å²) in [6.45, 7) is 2.55. The molecule has 3 nitrogen and oxygen atoms in total. The van der Waals surface area contributed by atoms with Gasteiger partial charge in [0.15, 0.2) is 0 Å². The molecule has 3 atom stereocenters. The molecule has 0 saturated heterocycles. The monoisotopic (exact) mass is 352 g/mol. The normalized spacial score (nSPS) is 23.5. The molecular formula is C21H21ClN2O. The SMILES string of the molecule is CCNC(=O)c1cccc2c1NC(c1ccccc1Cl)C1CC=CC21. The van der Waals surface area contributed by atoms with Crippen molar-refractivity contribution in [1.29, 1.82) is 0 Å². The standard InChI is InChI=1S/C21H21ClN2O/c1-2-23-21(25)17-11-6-10-15-13-8-5-9-14(13)19(24-20(15)17)16-7-3-4-12-18(16)22/h3-8,10-14,19,24H,2,9H2,1H3,(H,23,25). The predicted octanol–water partition coefficient (Wildman–Crippen LogP) is 4.92. The largest absolute Gasteiger partial charge is 0.377 e. The van der Waals surface area contributed by atoms with Crippen LogP contribution in [-0.4, -0.2) is 12.5 Å². The molecule has 0 radical (unpaired) electrons. The van der Waals surface area contributed by atoms with Crippen molar-refractivity contribution in [2.75, 3.05) is 11.9 Å². The summed E-state index contributed by atoms with van der Waals surface area (Å²) in [5.41, 5.74) is 3.94. The Kier molecular flexibility index (Phi) is 4.26. The van der Waals surface area contributed by atoms with Gasteiger partial charge in [-0.25, -0.2) is 0 Å². The van der Waals surface area contributed by atoms with E-state index in [0.29, 0.717) is 23.9 Å². The number of rotatable bonds is 3. The zero-order valence-electron chi connectivity index (χ0n) is 14.1. The summed E-state index contributed by atoms with van der Waals surface area (Å²) in [6, 6.07) is 14.1. The van der Waals surface area contributed by atoms with E-state index in [1.807, 2.05) is 37.3 Å². The molecular weight excluding hydrogens is 332 g/mol. The number of carbonyl (C=O) groups is 1. The number of amides is 1. The second kappa shape index (κ2) is 6.57. The van der Waals surface area contributed by atoms with Crippen molar-refractivity contribution >= 4 is 23.2 Å². The van der Waals surface area contributed by atoms with E-state index in [9.17, 15) is 4.79 Å². The Labute approximate surface area is 153 Å². The van der Waals surface area contributed by atoms with Gasteiger partial charge in [0.1, 0.15) is 0 Å². The van der Waals surface area contributed by atoms with Crippen molar-refractivity contribution in [1.82, 2.24) is 5.32 Å². The number of halogens is 1. The summed E-state index contributed by atoms with van der Waals surface area (Å²) < 4.78 is 0. The highest BCUT2D eigenvalue weighted by atomic mass is 35.5. The van der Waals surface area contributed by atoms with Gasteiger partial charge in [0.25, 0.3) is 5.91 Å². The summed E-state index contributed by atoms with van der Waals surface area (Å²) in [7, 11) is 0. The lowest BCUT2D eigenvalue weighted by molar-refractivity contribution is 0.0956. The third-order valence-corrected chi connectivity index (χ3v) is 5.56. The number of allylic oxidation sites excluding steroid dienone is 2. The molecule has 4 rings (SSSR count). The number of carbonyl (C=O) groups excluding carboxylic acids is 1. The zero-order chi connectivity index (χ0) is 17.4. The van der Waals surface area contributed by atoms with Crippen LogP contribution in [0.2, 0.25) is 5.02 Å². The topological polar surface area (TPSA) is 41.1 Å². The van der Waals surface area contributed by atoms with E-state index >= 15 is 0 Å². The Hall–Kier alpha value is -2.26. The van der Waals surface area contributed by atoms with Crippen molar-refractivity contribution in [3.05, 3.63) is 76.3 Å². The number of hydrogen-bond acceptors (Lipinski definition) is 2. The fraction of sp³-hybridized carbons (Fsp3) is 0.286. The van der Waals surface area contributed by atoms with E-state index in [4.69, 9.17) is 11.6 Å². The number of anilines is 1. The van der Waals surface area contributed by atoms with Crippen LogP contribution in [0.25, 0.3) is 0 Å². The molecule has 0 aromatic heterocycles. The first-order valence-electron chi connectivity index (χ1n) is 8.79. The average molecular weight is 353 g/mol. The highest BCUT2D eigenvalue weighted by Crippen LogP contribution is 2.51. The highest BCUT2D eigenvalue weighted by molar-refractivity contribution is 6.31. The minimum atomic E-state index is -0.0369. The molecule has 2 aromatic carbocycles. The van der Waals surface area contributed by atoms with Crippen molar-refractivity contribution in [2.45, 2.75) is 25.3 Å². The predicted molar refractivity (Wildman–Crippen MR) is 102 cm³/mol. The minimum Gasteiger partial charge on any atom is -0.377 e. The number of hydrogen-bond donors (Lipinski definition) is 2. The Morgan fingerprint density at radius 2 is 2.00 bits per heavy atom. The van der Waals surface area contributed by atoms with Crippen LogP contribution >= 0.6 is 11.6 Å². The van der Waals surface area contributed by atoms with Gasteiger partial charge in [0.2, 0.25) is 0 Å². The van der Waals surface area contributed by atoms with Crippen LogP contribution in [0.1, 0.15) is 46.8 Å². The lowest BCUT2D eigenvalue weighted by atomic mass is 9.76. The lowest BCUT2D eigenvalue weighted by Gasteiger charge is -2.38. The van der Waals surface area contributed by atoms with Crippen LogP contribution < -0.4 is 10.6 Å². The van der Waals surface area contributed by atoms with Crippen molar-refractivity contribution < 1.29 is 4.79 Å². The molecule has 2 N–H and O–H groups in total. The molecule has 1 amide bonds. The fourth-order valence-electron chi connectivity index (χ4n) is 4.10. The number of para-hydroxylation sites is 1. The van der Waals surface area contributed by atoms with Crippen LogP contribution in [-0.2, 0) is 0 Å². The van der Waals surface area contributed by atoms with Crippen LogP contribution in [0.4, 0.5) is 5.69 Å². The molecule has 0 bridgehead atoms. The quantitative estimate of drug-likeness (QED) is 0.770. The van der Waals surface area contributed by atoms with E-state index in [0.717, 1.165) is 22.7 Å². The molecule has 0 fully saturated rings. The molecule has 0 spiro atoms. The van der Waals surface area contributed by atoms with Gasteiger partial charge in [0.05, 0.1) is 17.3 Å².